The zero-order chi connectivity index (χ0) is 10.6. The fourth-order valence-corrected chi connectivity index (χ4v) is 1.21. The number of amides is 1. The number of aromatic carboxylic acids is 1. The van der Waals surface area contributed by atoms with Crippen molar-refractivity contribution in [2.45, 2.75) is 5.88 Å². The molecule has 1 rings (SSSR count). The molecule has 1 amide bonds. The summed E-state index contributed by atoms with van der Waals surface area (Å²) in [5.74, 6) is -0.858. The Morgan fingerprint density at radius 1 is 1.57 bits per heavy atom. The minimum absolute atomic E-state index is 0.0373. The summed E-state index contributed by atoms with van der Waals surface area (Å²) in [6.45, 7) is 0. The Morgan fingerprint density at radius 3 is 2.79 bits per heavy atom. The molecule has 0 unspecified atom stereocenters. The monoisotopic (exact) mass is 213 g/mol. The number of halogens is 1. The van der Waals surface area contributed by atoms with Crippen LogP contribution in [-0.2, 0) is 10.7 Å². The van der Waals surface area contributed by atoms with Crippen LogP contribution in [0.3, 0.4) is 0 Å². The summed E-state index contributed by atoms with van der Waals surface area (Å²) in [6, 6.07) is 4.60. The first-order valence-electron chi connectivity index (χ1n) is 3.81. The topological polar surface area (TPSA) is 66.4 Å². The van der Waals surface area contributed by atoms with E-state index in [0.717, 1.165) is 0 Å². The zero-order valence-electron chi connectivity index (χ0n) is 7.16. The Morgan fingerprint density at radius 2 is 2.29 bits per heavy atom. The minimum Gasteiger partial charge on any atom is -0.478 e. The van der Waals surface area contributed by atoms with Crippen molar-refractivity contribution in [2.75, 3.05) is 5.32 Å². The highest BCUT2D eigenvalue weighted by Crippen LogP contribution is 2.18. The van der Waals surface area contributed by atoms with E-state index < -0.39 is 5.97 Å². The lowest BCUT2D eigenvalue weighted by Gasteiger charge is -2.05. The van der Waals surface area contributed by atoms with E-state index in [-0.39, 0.29) is 17.1 Å². The first-order valence-corrected chi connectivity index (χ1v) is 4.35. The summed E-state index contributed by atoms with van der Waals surface area (Å²) in [6.07, 6.45) is 0.433. The Kier molecular flexibility index (Phi) is 3.48. The molecule has 0 spiro atoms. The van der Waals surface area contributed by atoms with Crippen molar-refractivity contribution in [3.05, 3.63) is 29.3 Å². The van der Waals surface area contributed by atoms with Crippen LogP contribution in [0.5, 0.6) is 0 Å². The molecule has 14 heavy (non-hydrogen) atoms. The van der Waals surface area contributed by atoms with Crippen molar-refractivity contribution in [1.82, 2.24) is 0 Å². The number of hydrogen-bond acceptors (Lipinski definition) is 2. The molecule has 2 N–H and O–H groups in total. The molecule has 0 bridgehead atoms. The number of carbonyl (C=O) groups excluding carboxylic acids is 1. The van der Waals surface area contributed by atoms with Gasteiger partial charge < -0.3 is 10.4 Å². The molecule has 0 fully saturated rings. The van der Waals surface area contributed by atoms with E-state index in [1.165, 1.54) is 12.1 Å². The van der Waals surface area contributed by atoms with Gasteiger partial charge in [0.1, 0.15) is 0 Å². The molecule has 0 atom stereocenters. The van der Waals surface area contributed by atoms with Crippen LogP contribution in [0.25, 0.3) is 0 Å². The predicted octanol–water partition coefficient (Wildman–Crippen LogP) is 1.69. The third kappa shape index (κ3) is 2.23. The highest BCUT2D eigenvalue weighted by molar-refractivity contribution is 6.17. The number of alkyl halides is 1. The predicted molar refractivity (Wildman–Crippen MR) is 52.6 cm³/mol. The molecule has 1 aromatic rings. The summed E-state index contributed by atoms with van der Waals surface area (Å²) in [5.41, 5.74) is 0.997. The fourth-order valence-electron chi connectivity index (χ4n) is 1.04. The van der Waals surface area contributed by atoms with Crippen molar-refractivity contribution in [1.29, 1.82) is 0 Å². The number of carboxylic acids is 1. The number of anilines is 1. The van der Waals surface area contributed by atoms with Gasteiger partial charge in [0.15, 0.2) is 0 Å². The second-order valence-electron chi connectivity index (χ2n) is 2.58. The normalized spacial score (nSPS) is 9.50. The third-order valence-electron chi connectivity index (χ3n) is 1.68. The van der Waals surface area contributed by atoms with Gasteiger partial charge in [-0.15, -0.1) is 11.6 Å². The van der Waals surface area contributed by atoms with Gasteiger partial charge in [0, 0.05) is 5.88 Å². The molecule has 0 aliphatic rings. The van der Waals surface area contributed by atoms with Crippen LogP contribution in [-0.4, -0.2) is 17.5 Å². The van der Waals surface area contributed by atoms with Gasteiger partial charge in [-0.2, -0.15) is 0 Å². The molecule has 0 saturated carbocycles. The molecular formula is C9H8ClNO3. The largest absolute Gasteiger partial charge is 0.478 e. The molecular weight excluding hydrogens is 206 g/mol. The number of nitrogens with one attached hydrogen (secondary N) is 1. The fraction of sp³-hybridized carbons (Fsp3) is 0.111. The van der Waals surface area contributed by atoms with Crippen LogP contribution in [0.15, 0.2) is 18.2 Å². The average Bonchev–Trinajstić information content (AvgIpc) is 2.18. The van der Waals surface area contributed by atoms with Crippen LogP contribution in [0, 0.1) is 0 Å². The molecule has 0 saturated heterocycles. The quantitative estimate of drug-likeness (QED) is 0.591. The van der Waals surface area contributed by atoms with Gasteiger partial charge in [-0.05, 0) is 17.7 Å². The van der Waals surface area contributed by atoms with Crippen molar-refractivity contribution in [2.24, 2.45) is 0 Å². The minimum atomic E-state index is -1.10. The maximum atomic E-state index is 10.8. The summed E-state index contributed by atoms with van der Waals surface area (Å²) in [5, 5.41) is 11.1. The molecule has 0 aromatic heterocycles. The van der Waals surface area contributed by atoms with E-state index in [0.29, 0.717) is 12.0 Å². The first kappa shape index (κ1) is 10.5. The second-order valence-corrected chi connectivity index (χ2v) is 2.85. The van der Waals surface area contributed by atoms with E-state index in [1.807, 2.05) is 0 Å². The van der Waals surface area contributed by atoms with E-state index >= 15 is 0 Å². The van der Waals surface area contributed by atoms with Crippen LogP contribution >= 0.6 is 11.6 Å². The second kappa shape index (κ2) is 4.62. The van der Waals surface area contributed by atoms with Gasteiger partial charge in [0.2, 0.25) is 6.41 Å². The zero-order valence-corrected chi connectivity index (χ0v) is 7.91. The van der Waals surface area contributed by atoms with Gasteiger partial charge in [-0.1, -0.05) is 6.07 Å². The maximum absolute atomic E-state index is 10.8. The molecule has 5 heteroatoms. The molecule has 0 heterocycles. The Labute approximate surface area is 85.5 Å². The Bertz CT molecular complexity index is 365. The van der Waals surface area contributed by atoms with Crippen molar-refractivity contribution in [3.8, 4) is 0 Å². The van der Waals surface area contributed by atoms with Gasteiger partial charge in [0.25, 0.3) is 0 Å². The van der Waals surface area contributed by atoms with Crippen LogP contribution < -0.4 is 5.32 Å². The summed E-state index contributed by atoms with van der Waals surface area (Å²) in [4.78, 5) is 20.9. The maximum Gasteiger partial charge on any atom is 0.337 e. The Hall–Kier alpha value is -1.55. The molecule has 74 valence electrons. The molecule has 0 radical (unpaired) electrons. The van der Waals surface area contributed by atoms with Crippen LogP contribution in [0.1, 0.15) is 15.9 Å². The Balaban J connectivity index is 3.16. The number of rotatable bonds is 4. The van der Waals surface area contributed by atoms with Crippen molar-refractivity contribution in [3.63, 3.8) is 0 Å². The summed E-state index contributed by atoms with van der Waals surface area (Å²) >= 11 is 5.55. The summed E-state index contributed by atoms with van der Waals surface area (Å²) in [7, 11) is 0. The van der Waals surface area contributed by atoms with Crippen molar-refractivity contribution >= 4 is 29.7 Å². The lowest BCUT2D eigenvalue weighted by Crippen LogP contribution is -2.05. The molecule has 4 nitrogen and oxygen atoms in total. The molecule has 0 aliphatic heterocycles. The highest BCUT2D eigenvalue weighted by atomic mass is 35.5. The smallest absolute Gasteiger partial charge is 0.337 e. The van der Waals surface area contributed by atoms with Crippen molar-refractivity contribution < 1.29 is 14.7 Å². The lowest BCUT2D eigenvalue weighted by atomic mass is 10.1. The van der Waals surface area contributed by atoms with E-state index in [4.69, 9.17) is 16.7 Å². The number of carbonyl (C=O) groups is 2. The number of hydrogen-bond donors (Lipinski definition) is 2. The summed E-state index contributed by atoms with van der Waals surface area (Å²) < 4.78 is 0. The number of benzene rings is 1. The van der Waals surface area contributed by atoms with Gasteiger partial charge in [-0.25, -0.2) is 4.79 Å². The number of carboxylic acid groups (broad SMARTS) is 1. The molecule has 1 aromatic carbocycles. The third-order valence-corrected chi connectivity index (χ3v) is 1.99. The molecule has 0 aliphatic carbocycles. The van der Waals surface area contributed by atoms with E-state index in [9.17, 15) is 9.59 Å². The average molecular weight is 214 g/mol. The lowest BCUT2D eigenvalue weighted by molar-refractivity contribution is -0.105. The van der Waals surface area contributed by atoms with Crippen LogP contribution in [0.4, 0.5) is 5.69 Å². The SMILES string of the molecule is O=CNc1ccc(CCl)cc1C(=O)O. The van der Waals surface area contributed by atoms with E-state index in [1.54, 1.807) is 6.07 Å². The highest BCUT2D eigenvalue weighted by Gasteiger charge is 2.09. The standard InChI is InChI=1S/C9H8ClNO3/c10-4-6-1-2-8(11-5-12)7(3-6)9(13)14/h1-3,5H,4H2,(H,11,12)(H,13,14). The van der Waals surface area contributed by atoms with Gasteiger partial charge in [0.05, 0.1) is 11.3 Å². The van der Waals surface area contributed by atoms with E-state index in [2.05, 4.69) is 5.32 Å². The van der Waals surface area contributed by atoms with Gasteiger partial charge >= 0.3 is 5.97 Å². The first-order chi connectivity index (χ1) is 6.69. The van der Waals surface area contributed by atoms with Crippen LogP contribution in [0.2, 0.25) is 0 Å². The van der Waals surface area contributed by atoms with Gasteiger partial charge in [-0.3, -0.25) is 4.79 Å².